The molecule has 0 aromatic carbocycles. The van der Waals surface area contributed by atoms with Crippen LogP contribution in [0.1, 0.15) is 22.3 Å². The van der Waals surface area contributed by atoms with Gasteiger partial charge in [-0.15, -0.1) is 0 Å². The summed E-state index contributed by atoms with van der Waals surface area (Å²) >= 11 is 44.3. The normalized spacial score (nSPS) is 11.3. The van der Waals surface area contributed by atoms with Crippen LogP contribution in [0.5, 0.6) is 0 Å². The quantitative estimate of drug-likeness (QED) is 0.226. The first-order valence-corrected chi connectivity index (χ1v) is 18.7. The smallest absolute Gasteiger partial charge is 0.271 e. The molecule has 0 atom stereocenters. The number of rotatable bonds is 0. The van der Waals surface area contributed by atoms with E-state index in [2.05, 4.69) is 43.7 Å². The molecule has 0 saturated carbocycles. The first-order chi connectivity index (χ1) is 13.7. The number of aromatic amines is 1. The molecule has 31 heavy (non-hydrogen) atoms. The van der Waals surface area contributed by atoms with E-state index in [1.165, 1.54) is 6.20 Å². The molecule has 2 aromatic rings. The van der Waals surface area contributed by atoms with E-state index in [4.69, 9.17) is 78.3 Å². The summed E-state index contributed by atoms with van der Waals surface area (Å²) in [6.45, 7) is 3.56. The third kappa shape index (κ3) is 23.3. The van der Waals surface area contributed by atoms with Crippen LogP contribution >= 0.6 is 110 Å². The van der Waals surface area contributed by atoms with Crippen LogP contribution in [0.15, 0.2) is 29.3 Å². The summed E-state index contributed by atoms with van der Waals surface area (Å²) in [5.41, 5.74) is 1.92. The van der Waals surface area contributed by atoms with Gasteiger partial charge >= 0.3 is 64.8 Å². The second kappa shape index (κ2) is 14.6. The van der Waals surface area contributed by atoms with Gasteiger partial charge in [-0.05, 0) is 70.8 Å². The standard InChI is InChI=1S/C7H5ClN2.C7H6N2O.Cl5P.Cl3OP/c1-5-2-3-10-7(8)6(5)4-9;1-5-2-3-9-7(10)6(5)4-8;1-6(2,3,4)5;1-5(2,3)4/h2-3H,1H3;2-3H,1H3,(H,9,10);;. The molecular weight excluding hydrogens is 637 g/mol. The summed E-state index contributed by atoms with van der Waals surface area (Å²) in [4.78, 5) is 17.0. The van der Waals surface area contributed by atoms with E-state index in [0.29, 0.717) is 11.1 Å². The van der Waals surface area contributed by atoms with E-state index in [1.54, 1.807) is 25.3 Å². The zero-order chi connectivity index (χ0) is 25.1. The van der Waals surface area contributed by atoms with Crippen molar-refractivity contribution in [3.63, 3.8) is 0 Å². The van der Waals surface area contributed by atoms with Crippen molar-refractivity contribution in [1.29, 1.82) is 10.5 Å². The summed E-state index contributed by atoms with van der Waals surface area (Å²) in [5, 5.41) is 14.0. The predicted octanol–water partition coefficient (Wildman–Crippen LogP) is 9.59. The number of H-pyrrole nitrogens is 1. The number of nitrogens with zero attached hydrogens (tertiary/aromatic N) is 3. The van der Waals surface area contributed by atoms with E-state index in [9.17, 15) is 9.36 Å². The third-order valence-corrected chi connectivity index (χ3v) is 2.79. The summed E-state index contributed by atoms with van der Waals surface area (Å²) in [5.74, 6) is 0. The van der Waals surface area contributed by atoms with Crippen molar-refractivity contribution < 1.29 is 4.57 Å². The molecule has 0 amide bonds. The molecule has 2 aromatic heterocycles. The van der Waals surface area contributed by atoms with Crippen molar-refractivity contribution in [2.45, 2.75) is 13.8 Å². The van der Waals surface area contributed by atoms with Crippen LogP contribution in [0.25, 0.3) is 0 Å². The first-order valence-electron chi connectivity index (χ1n) is 7.14. The van der Waals surface area contributed by atoms with Gasteiger partial charge in [0.2, 0.25) is 0 Å². The molecule has 2 heterocycles. The molecule has 0 saturated heterocycles. The Hall–Kier alpha value is 0.350. The minimum atomic E-state index is -3.69. The summed E-state index contributed by atoms with van der Waals surface area (Å²) in [6.07, 6.45) is 3.11. The van der Waals surface area contributed by atoms with E-state index in [1.807, 2.05) is 19.1 Å². The van der Waals surface area contributed by atoms with Gasteiger partial charge in [0.05, 0.1) is 5.56 Å². The molecule has 6 nitrogen and oxygen atoms in total. The SMILES string of the molecule is Cc1cc[nH]c(=O)c1C#N.Cc1ccnc(Cl)c1C#N.ClP(Cl)(Cl)(Cl)Cl.O=P(Cl)(Cl)Cl. The van der Waals surface area contributed by atoms with E-state index >= 15 is 0 Å². The van der Waals surface area contributed by atoms with Crippen LogP contribution < -0.4 is 5.56 Å². The number of aryl methyl sites for hydroxylation is 2. The third-order valence-electron chi connectivity index (χ3n) is 2.51. The van der Waals surface area contributed by atoms with Crippen LogP contribution in [0, 0.1) is 36.5 Å². The maximum Gasteiger partial charge on any atom is 0.339 e. The molecule has 0 fully saturated rings. The molecule has 2 rings (SSSR count). The average Bonchev–Trinajstić information content (AvgIpc) is 2.52. The Kier molecular flexibility index (Phi) is 15.8. The number of pyridine rings is 2. The van der Waals surface area contributed by atoms with E-state index in [-0.39, 0.29) is 16.3 Å². The number of nitrogens with one attached hydrogen (secondary N) is 1. The molecule has 0 aliphatic heterocycles. The molecule has 0 bridgehead atoms. The molecule has 1 N–H and O–H groups in total. The number of hydrogen-bond donors (Lipinski definition) is 1. The van der Waals surface area contributed by atoms with Gasteiger partial charge in [-0.25, -0.2) is 4.98 Å². The van der Waals surface area contributed by atoms with Crippen molar-refractivity contribution in [3.05, 3.63) is 62.3 Å². The molecule has 0 radical (unpaired) electrons. The Bertz CT molecular complexity index is 1020. The van der Waals surface area contributed by atoms with Gasteiger partial charge < -0.3 is 4.98 Å². The van der Waals surface area contributed by atoms with Gasteiger partial charge in [-0.3, -0.25) is 9.36 Å². The van der Waals surface area contributed by atoms with Crippen LogP contribution in [-0.4, -0.2) is 9.97 Å². The summed E-state index contributed by atoms with van der Waals surface area (Å²) < 4.78 is 5.82. The zero-order valence-corrected chi connectivity index (χ0v) is 23.9. The van der Waals surface area contributed by atoms with Gasteiger partial charge in [-0.1, -0.05) is 11.6 Å². The van der Waals surface area contributed by atoms with Gasteiger partial charge in [0.1, 0.15) is 22.9 Å². The fourth-order valence-electron chi connectivity index (χ4n) is 1.38. The Balaban J connectivity index is 0. The van der Waals surface area contributed by atoms with Crippen molar-refractivity contribution in [2.75, 3.05) is 0 Å². The van der Waals surface area contributed by atoms with Crippen LogP contribution in [0.2, 0.25) is 5.15 Å². The Morgan fingerprint density at radius 3 is 1.61 bits per heavy atom. The molecule has 17 heteroatoms. The van der Waals surface area contributed by atoms with E-state index < -0.39 is 8.57 Å². The fourth-order valence-corrected chi connectivity index (χ4v) is 1.62. The van der Waals surface area contributed by atoms with Crippen LogP contribution in [-0.2, 0) is 4.57 Å². The Morgan fingerprint density at radius 2 is 1.35 bits per heavy atom. The Morgan fingerprint density at radius 1 is 0.968 bits per heavy atom. The monoisotopic (exact) mass is 644 g/mol. The van der Waals surface area contributed by atoms with Crippen molar-refractivity contribution >= 4 is 110 Å². The van der Waals surface area contributed by atoms with Gasteiger partial charge in [-0.2, -0.15) is 10.5 Å². The van der Waals surface area contributed by atoms with Crippen molar-refractivity contribution in [3.8, 4) is 12.1 Å². The first kappa shape index (κ1) is 33.5. The second-order valence-electron chi connectivity index (χ2n) is 4.92. The molecule has 0 spiro atoms. The Labute approximate surface area is 221 Å². The van der Waals surface area contributed by atoms with Crippen molar-refractivity contribution in [1.82, 2.24) is 9.97 Å². The van der Waals surface area contributed by atoms with Gasteiger partial charge in [0, 0.05) is 12.4 Å². The number of hydrogen-bond acceptors (Lipinski definition) is 5. The molecule has 0 unspecified atom stereocenters. The maximum atomic E-state index is 10.8. The number of halogens is 9. The number of nitriles is 2. The predicted molar refractivity (Wildman–Crippen MR) is 137 cm³/mol. The number of aromatic nitrogens is 2. The van der Waals surface area contributed by atoms with Gasteiger partial charge in [0.15, 0.2) is 0 Å². The van der Waals surface area contributed by atoms with E-state index in [0.717, 1.165) is 5.56 Å². The van der Waals surface area contributed by atoms with Crippen LogP contribution in [0.4, 0.5) is 0 Å². The van der Waals surface area contributed by atoms with Gasteiger partial charge in [0.25, 0.3) is 5.56 Å². The maximum absolute atomic E-state index is 10.8. The fraction of sp³-hybridized carbons (Fsp3) is 0.143. The molecule has 0 aliphatic carbocycles. The molecule has 172 valence electrons. The minimum absolute atomic E-state index is 0.197. The largest absolute Gasteiger partial charge is 0.339 e. The molecular formula is C14H11Cl9N4O2P2. The van der Waals surface area contributed by atoms with Crippen molar-refractivity contribution in [2.24, 2.45) is 0 Å². The summed E-state index contributed by atoms with van der Waals surface area (Å²) in [6, 6.07) is 7.24. The molecule has 0 aliphatic rings. The minimum Gasteiger partial charge on any atom is -0.271 e. The second-order valence-corrected chi connectivity index (χ2v) is 28.5. The topological polar surface area (TPSA) is 110 Å². The average molecular weight is 648 g/mol. The van der Waals surface area contributed by atoms with Crippen LogP contribution in [0.3, 0.4) is 0 Å². The summed E-state index contributed by atoms with van der Waals surface area (Å²) in [7, 11) is 0. The zero-order valence-electron chi connectivity index (χ0n) is 15.3.